The van der Waals surface area contributed by atoms with Gasteiger partial charge in [0.15, 0.2) is 0 Å². The molecule has 18 heavy (non-hydrogen) atoms. The van der Waals surface area contributed by atoms with Gasteiger partial charge in [0.1, 0.15) is 5.75 Å². The maximum atomic E-state index is 12.2. The molecule has 1 fully saturated rings. The molecule has 0 unspecified atom stereocenters. The maximum Gasteiger partial charge on any atom is 0.225 e. The van der Waals surface area contributed by atoms with Crippen LogP contribution in [0.4, 0.5) is 0 Å². The molecule has 0 saturated carbocycles. The van der Waals surface area contributed by atoms with E-state index in [-0.39, 0.29) is 17.6 Å². The van der Waals surface area contributed by atoms with E-state index in [0.29, 0.717) is 6.54 Å². The van der Waals surface area contributed by atoms with E-state index < -0.39 is 0 Å². The number of aromatic hydroxyl groups is 1. The van der Waals surface area contributed by atoms with Crippen LogP contribution in [-0.2, 0) is 11.3 Å². The van der Waals surface area contributed by atoms with Gasteiger partial charge in [-0.25, -0.2) is 0 Å². The zero-order chi connectivity index (χ0) is 13.0. The first-order valence-electron chi connectivity index (χ1n) is 6.40. The van der Waals surface area contributed by atoms with Gasteiger partial charge >= 0.3 is 0 Å². The van der Waals surface area contributed by atoms with Crippen LogP contribution in [0.25, 0.3) is 0 Å². The first kappa shape index (κ1) is 12.9. The molecular weight excluding hydrogens is 228 g/mol. The van der Waals surface area contributed by atoms with E-state index in [1.165, 1.54) is 0 Å². The Kier molecular flexibility index (Phi) is 4.20. The Labute approximate surface area is 108 Å². The number of hydrogen-bond donors (Lipinski definition) is 2. The molecule has 0 atom stereocenters. The molecule has 0 spiro atoms. The summed E-state index contributed by atoms with van der Waals surface area (Å²) < 4.78 is 0. The molecule has 1 aliphatic heterocycles. The minimum atomic E-state index is 0.161. The number of carbonyl (C=O) groups excluding carboxylic acids is 1. The second-order valence-corrected chi connectivity index (χ2v) is 4.89. The molecule has 1 saturated heterocycles. The standard InChI is InChI=1S/C14H20N2O2/c1-16(10-11-2-4-13(17)5-3-11)14(18)12-6-8-15-9-7-12/h2-5,12,15,17H,6-10H2,1H3. The summed E-state index contributed by atoms with van der Waals surface area (Å²) in [6, 6.07) is 7.00. The zero-order valence-electron chi connectivity index (χ0n) is 10.7. The van der Waals surface area contributed by atoms with Gasteiger partial charge in [-0.3, -0.25) is 4.79 Å². The van der Waals surface area contributed by atoms with Gasteiger partial charge in [-0.2, -0.15) is 0 Å². The number of rotatable bonds is 3. The predicted molar refractivity (Wildman–Crippen MR) is 70.2 cm³/mol. The van der Waals surface area contributed by atoms with Crippen LogP contribution >= 0.6 is 0 Å². The van der Waals surface area contributed by atoms with Gasteiger partial charge in [-0.1, -0.05) is 12.1 Å². The third kappa shape index (κ3) is 3.23. The van der Waals surface area contributed by atoms with Crippen LogP contribution in [0, 0.1) is 5.92 Å². The van der Waals surface area contributed by atoms with Gasteiger partial charge in [0.25, 0.3) is 0 Å². The fraction of sp³-hybridized carbons (Fsp3) is 0.500. The van der Waals surface area contributed by atoms with Crippen LogP contribution in [0.2, 0.25) is 0 Å². The molecule has 0 aliphatic carbocycles. The Bertz CT molecular complexity index is 397. The Morgan fingerprint density at radius 3 is 2.56 bits per heavy atom. The van der Waals surface area contributed by atoms with E-state index in [4.69, 9.17) is 0 Å². The monoisotopic (exact) mass is 248 g/mol. The number of nitrogens with one attached hydrogen (secondary N) is 1. The van der Waals surface area contributed by atoms with Gasteiger partial charge in [0, 0.05) is 19.5 Å². The molecule has 1 aliphatic rings. The van der Waals surface area contributed by atoms with Crippen LogP contribution in [-0.4, -0.2) is 36.1 Å². The Hall–Kier alpha value is -1.55. The lowest BCUT2D eigenvalue weighted by molar-refractivity contribution is -0.135. The molecule has 0 radical (unpaired) electrons. The van der Waals surface area contributed by atoms with Crippen molar-refractivity contribution in [2.45, 2.75) is 19.4 Å². The zero-order valence-corrected chi connectivity index (χ0v) is 10.7. The van der Waals surface area contributed by atoms with Crippen molar-refractivity contribution in [2.75, 3.05) is 20.1 Å². The summed E-state index contributed by atoms with van der Waals surface area (Å²) in [6.45, 7) is 2.47. The summed E-state index contributed by atoms with van der Waals surface area (Å²) in [7, 11) is 1.84. The number of benzene rings is 1. The molecule has 1 amide bonds. The van der Waals surface area contributed by atoms with Crippen molar-refractivity contribution in [1.29, 1.82) is 0 Å². The number of carbonyl (C=O) groups is 1. The lowest BCUT2D eigenvalue weighted by Gasteiger charge is -2.27. The van der Waals surface area contributed by atoms with Crippen LogP contribution in [0.15, 0.2) is 24.3 Å². The molecule has 0 aromatic heterocycles. The molecular formula is C14H20N2O2. The highest BCUT2D eigenvalue weighted by molar-refractivity contribution is 5.78. The van der Waals surface area contributed by atoms with Gasteiger partial charge < -0.3 is 15.3 Å². The van der Waals surface area contributed by atoms with E-state index in [1.807, 2.05) is 19.2 Å². The number of phenols is 1. The van der Waals surface area contributed by atoms with Crippen molar-refractivity contribution >= 4 is 5.91 Å². The highest BCUT2D eigenvalue weighted by atomic mass is 16.3. The van der Waals surface area contributed by atoms with Crippen LogP contribution in [0.1, 0.15) is 18.4 Å². The quantitative estimate of drug-likeness (QED) is 0.849. The average molecular weight is 248 g/mol. The summed E-state index contributed by atoms with van der Waals surface area (Å²) in [5.74, 6) is 0.643. The molecule has 1 aromatic rings. The van der Waals surface area contributed by atoms with E-state index in [2.05, 4.69) is 5.32 Å². The topological polar surface area (TPSA) is 52.6 Å². The number of nitrogens with zero attached hydrogens (tertiary/aromatic N) is 1. The Morgan fingerprint density at radius 2 is 1.94 bits per heavy atom. The first-order chi connectivity index (χ1) is 8.66. The van der Waals surface area contributed by atoms with Crippen molar-refractivity contribution in [3.8, 4) is 5.75 Å². The Morgan fingerprint density at radius 1 is 1.33 bits per heavy atom. The predicted octanol–water partition coefficient (Wildman–Crippen LogP) is 1.35. The largest absolute Gasteiger partial charge is 0.508 e. The summed E-state index contributed by atoms with van der Waals surface area (Å²) in [5.41, 5.74) is 1.04. The molecule has 1 aromatic carbocycles. The van der Waals surface area contributed by atoms with Gasteiger partial charge in [0.05, 0.1) is 0 Å². The van der Waals surface area contributed by atoms with Crippen molar-refractivity contribution in [3.05, 3.63) is 29.8 Å². The summed E-state index contributed by atoms with van der Waals surface area (Å²) >= 11 is 0. The molecule has 0 bridgehead atoms. The molecule has 98 valence electrons. The number of phenolic OH excluding ortho intramolecular Hbond substituents is 1. The smallest absolute Gasteiger partial charge is 0.225 e. The normalized spacial score (nSPS) is 16.5. The highest BCUT2D eigenvalue weighted by Gasteiger charge is 2.23. The summed E-state index contributed by atoms with van der Waals surface area (Å²) in [6.07, 6.45) is 1.86. The third-order valence-electron chi connectivity index (χ3n) is 3.42. The number of amides is 1. The van der Waals surface area contributed by atoms with E-state index >= 15 is 0 Å². The number of hydrogen-bond acceptors (Lipinski definition) is 3. The van der Waals surface area contributed by atoms with E-state index in [9.17, 15) is 9.90 Å². The Balaban J connectivity index is 1.92. The van der Waals surface area contributed by atoms with Gasteiger partial charge in [0.2, 0.25) is 5.91 Å². The van der Waals surface area contributed by atoms with Crippen molar-refractivity contribution in [1.82, 2.24) is 10.2 Å². The molecule has 1 heterocycles. The highest BCUT2D eigenvalue weighted by Crippen LogP contribution is 2.17. The lowest BCUT2D eigenvalue weighted by atomic mass is 9.96. The summed E-state index contributed by atoms with van der Waals surface area (Å²) in [5, 5.41) is 12.5. The first-order valence-corrected chi connectivity index (χ1v) is 6.40. The molecule has 4 nitrogen and oxygen atoms in total. The van der Waals surface area contributed by atoms with E-state index in [0.717, 1.165) is 31.5 Å². The van der Waals surface area contributed by atoms with E-state index in [1.54, 1.807) is 17.0 Å². The van der Waals surface area contributed by atoms with Gasteiger partial charge in [-0.05, 0) is 43.6 Å². The van der Waals surface area contributed by atoms with Crippen molar-refractivity contribution in [2.24, 2.45) is 5.92 Å². The van der Waals surface area contributed by atoms with Crippen LogP contribution < -0.4 is 5.32 Å². The van der Waals surface area contributed by atoms with Crippen LogP contribution in [0.3, 0.4) is 0 Å². The van der Waals surface area contributed by atoms with Crippen molar-refractivity contribution in [3.63, 3.8) is 0 Å². The minimum absolute atomic E-state index is 0.161. The second-order valence-electron chi connectivity index (χ2n) is 4.89. The minimum Gasteiger partial charge on any atom is -0.508 e. The fourth-order valence-corrected chi connectivity index (χ4v) is 2.33. The number of piperidine rings is 1. The third-order valence-corrected chi connectivity index (χ3v) is 3.42. The fourth-order valence-electron chi connectivity index (χ4n) is 2.33. The average Bonchev–Trinajstić information content (AvgIpc) is 2.41. The molecule has 2 N–H and O–H groups in total. The van der Waals surface area contributed by atoms with Crippen molar-refractivity contribution < 1.29 is 9.90 Å². The molecule has 4 heteroatoms. The summed E-state index contributed by atoms with van der Waals surface area (Å²) in [4.78, 5) is 14.0. The molecule has 2 rings (SSSR count). The lowest BCUT2D eigenvalue weighted by Crippen LogP contribution is -2.38. The van der Waals surface area contributed by atoms with Gasteiger partial charge in [-0.15, -0.1) is 0 Å². The maximum absolute atomic E-state index is 12.2. The second kappa shape index (κ2) is 5.87. The van der Waals surface area contributed by atoms with Crippen LogP contribution in [0.5, 0.6) is 5.75 Å². The SMILES string of the molecule is CN(Cc1ccc(O)cc1)C(=O)C1CCNCC1.